The van der Waals surface area contributed by atoms with Gasteiger partial charge >= 0.3 is 0 Å². The number of nitrogens with one attached hydrogen (secondary N) is 1. The summed E-state index contributed by atoms with van der Waals surface area (Å²) in [5.74, 6) is 0.231. The number of H-pyrrole nitrogens is 1. The number of hydrogen-bond acceptors (Lipinski definition) is 4. The Hall–Kier alpha value is -1.04. The highest BCUT2D eigenvalue weighted by Gasteiger charge is 2.31. The molecule has 0 radical (unpaired) electrons. The standard InChI is InChI=1S/C10H16N4OS/c1-7(2)14-5-3-4-8(10(14)15)16-9-6-11-13-12-9/h6-8H,3-5H2,1-2H3,(H,11,12,13)/t8-/m1/s1. The van der Waals surface area contributed by atoms with Gasteiger partial charge in [0, 0.05) is 12.6 Å². The van der Waals surface area contributed by atoms with Gasteiger partial charge in [0.05, 0.1) is 11.4 Å². The lowest BCUT2D eigenvalue weighted by Gasteiger charge is -2.34. The van der Waals surface area contributed by atoms with Crippen LogP contribution in [0.5, 0.6) is 0 Å². The Labute approximate surface area is 99.0 Å². The Kier molecular flexibility index (Phi) is 3.48. The minimum Gasteiger partial charge on any atom is -0.339 e. The van der Waals surface area contributed by atoms with Crippen molar-refractivity contribution in [2.75, 3.05) is 6.54 Å². The second kappa shape index (κ2) is 4.86. The van der Waals surface area contributed by atoms with Crippen molar-refractivity contribution in [2.24, 2.45) is 0 Å². The van der Waals surface area contributed by atoms with E-state index in [-0.39, 0.29) is 17.2 Å². The van der Waals surface area contributed by atoms with Crippen LogP contribution >= 0.6 is 11.8 Å². The Morgan fingerprint density at radius 3 is 3.06 bits per heavy atom. The van der Waals surface area contributed by atoms with Gasteiger partial charge in [0.25, 0.3) is 0 Å². The van der Waals surface area contributed by atoms with Crippen LogP contribution in [0.3, 0.4) is 0 Å². The van der Waals surface area contributed by atoms with Gasteiger partial charge in [-0.05, 0) is 26.7 Å². The minimum atomic E-state index is 0.00116. The first-order chi connectivity index (χ1) is 7.68. The fourth-order valence-electron chi connectivity index (χ4n) is 1.88. The third-order valence-electron chi connectivity index (χ3n) is 2.70. The number of carbonyl (C=O) groups excluding carboxylic acids is 1. The number of likely N-dealkylation sites (tertiary alicyclic amines) is 1. The van der Waals surface area contributed by atoms with Gasteiger partial charge in [-0.3, -0.25) is 4.79 Å². The average molecular weight is 240 g/mol. The summed E-state index contributed by atoms with van der Waals surface area (Å²) in [6.45, 7) is 4.99. The number of rotatable bonds is 3. The van der Waals surface area contributed by atoms with Crippen LogP contribution in [0, 0.1) is 0 Å². The molecule has 0 saturated carbocycles. The zero-order chi connectivity index (χ0) is 11.5. The summed E-state index contributed by atoms with van der Waals surface area (Å²) in [4.78, 5) is 14.1. The largest absolute Gasteiger partial charge is 0.339 e. The smallest absolute Gasteiger partial charge is 0.236 e. The van der Waals surface area contributed by atoms with E-state index in [1.165, 1.54) is 11.8 Å². The monoisotopic (exact) mass is 240 g/mol. The van der Waals surface area contributed by atoms with Crippen molar-refractivity contribution in [3.8, 4) is 0 Å². The van der Waals surface area contributed by atoms with E-state index in [1.807, 2.05) is 4.90 Å². The maximum absolute atomic E-state index is 12.1. The molecule has 6 heteroatoms. The topological polar surface area (TPSA) is 61.9 Å². The van der Waals surface area contributed by atoms with E-state index in [1.54, 1.807) is 6.20 Å². The molecule has 1 N–H and O–H groups in total. The van der Waals surface area contributed by atoms with Gasteiger partial charge in [0.15, 0.2) is 0 Å². The number of hydrogen-bond donors (Lipinski definition) is 1. The van der Waals surface area contributed by atoms with E-state index in [0.29, 0.717) is 0 Å². The summed E-state index contributed by atoms with van der Waals surface area (Å²) in [7, 11) is 0. The molecule has 0 aliphatic carbocycles. The molecule has 0 bridgehead atoms. The molecule has 0 spiro atoms. The first-order valence-electron chi connectivity index (χ1n) is 5.51. The molecule has 1 aliphatic heterocycles. The number of nitrogens with zero attached hydrogens (tertiary/aromatic N) is 3. The van der Waals surface area contributed by atoms with E-state index in [4.69, 9.17) is 0 Å². The zero-order valence-electron chi connectivity index (χ0n) is 9.51. The summed E-state index contributed by atoms with van der Waals surface area (Å²) in [6, 6.07) is 0.285. The Balaban J connectivity index is 2.02. The number of aromatic amines is 1. The molecule has 1 fully saturated rings. The van der Waals surface area contributed by atoms with Gasteiger partial charge in [0.2, 0.25) is 5.91 Å². The van der Waals surface area contributed by atoms with Crippen molar-refractivity contribution in [1.29, 1.82) is 0 Å². The number of piperidine rings is 1. The summed E-state index contributed by atoms with van der Waals surface area (Å²) in [6.07, 6.45) is 3.66. The van der Waals surface area contributed by atoms with Gasteiger partial charge in [-0.15, -0.1) is 5.10 Å². The first kappa shape index (κ1) is 11.4. The average Bonchev–Trinajstić information content (AvgIpc) is 2.73. The summed E-state index contributed by atoms with van der Waals surface area (Å²) < 4.78 is 0. The number of carbonyl (C=O) groups is 1. The van der Waals surface area contributed by atoms with Gasteiger partial charge in [-0.2, -0.15) is 10.3 Å². The van der Waals surface area contributed by atoms with Crippen LogP contribution in [-0.2, 0) is 4.79 Å². The van der Waals surface area contributed by atoms with Crippen molar-refractivity contribution in [1.82, 2.24) is 20.3 Å². The Morgan fingerprint density at radius 2 is 2.44 bits per heavy atom. The molecule has 16 heavy (non-hydrogen) atoms. The number of aromatic nitrogens is 3. The summed E-state index contributed by atoms with van der Waals surface area (Å²) in [5.41, 5.74) is 0. The lowest BCUT2D eigenvalue weighted by molar-refractivity contribution is -0.134. The number of amides is 1. The van der Waals surface area contributed by atoms with Crippen LogP contribution in [0.1, 0.15) is 26.7 Å². The maximum atomic E-state index is 12.1. The third kappa shape index (κ3) is 2.37. The molecule has 2 rings (SSSR count). The normalized spacial score (nSPS) is 21.8. The van der Waals surface area contributed by atoms with Crippen molar-refractivity contribution < 1.29 is 4.79 Å². The van der Waals surface area contributed by atoms with E-state index >= 15 is 0 Å². The molecule has 88 valence electrons. The molecular formula is C10H16N4OS. The second-order valence-electron chi connectivity index (χ2n) is 4.18. The lowest BCUT2D eigenvalue weighted by Crippen LogP contribution is -2.46. The highest BCUT2D eigenvalue weighted by atomic mass is 32.2. The van der Waals surface area contributed by atoms with Crippen LogP contribution in [0.25, 0.3) is 0 Å². The van der Waals surface area contributed by atoms with E-state index in [2.05, 4.69) is 29.3 Å². The number of thioether (sulfide) groups is 1. The molecule has 5 nitrogen and oxygen atoms in total. The van der Waals surface area contributed by atoms with E-state index in [9.17, 15) is 4.79 Å². The van der Waals surface area contributed by atoms with Gasteiger partial charge in [0.1, 0.15) is 5.03 Å². The highest BCUT2D eigenvalue weighted by molar-refractivity contribution is 8.00. The quantitative estimate of drug-likeness (QED) is 0.865. The van der Waals surface area contributed by atoms with Crippen LogP contribution < -0.4 is 0 Å². The summed E-state index contributed by atoms with van der Waals surface area (Å²) >= 11 is 1.50. The fraction of sp³-hybridized carbons (Fsp3) is 0.700. The molecule has 1 amide bonds. The molecule has 0 unspecified atom stereocenters. The van der Waals surface area contributed by atoms with Gasteiger partial charge in [-0.1, -0.05) is 11.8 Å². The van der Waals surface area contributed by atoms with Crippen molar-refractivity contribution >= 4 is 17.7 Å². The fourth-order valence-corrected chi connectivity index (χ4v) is 2.90. The van der Waals surface area contributed by atoms with Gasteiger partial charge in [-0.25, -0.2) is 0 Å². The molecular weight excluding hydrogens is 224 g/mol. The maximum Gasteiger partial charge on any atom is 0.236 e. The summed E-state index contributed by atoms with van der Waals surface area (Å²) in [5, 5.41) is 11.1. The van der Waals surface area contributed by atoms with Crippen LogP contribution in [0.2, 0.25) is 0 Å². The van der Waals surface area contributed by atoms with Crippen LogP contribution in [0.4, 0.5) is 0 Å². The molecule has 1 atom stereocenters. The highest BCUT2D eigenvalue weighted by Crippen LogP contribution is 2.29. The Bertz CT molecular complexity index is 352. The van der Waals surface area contributed by atoms with E-state index < -0.39 is 0 Å². The second-order valence-corrected chi connectivity index (χ2v) is 5.41. The lowest BCUT2D eigenvalue weighted by atomic mass is 10.1. The van der Waals surface area contributed by atoms with Crippen molar-refractivity contribution in [2.45, 2.75) is 43.0 Å². The third-order valence-corrected chi connectivity index (χ3v) is 3.86. The van der Waals surface area contributed by atoms with Gasteiger partial charge < -0.3 is 4.90 Å². The molecule has 1 aromatic rings. The Morgan fingerprint density at radius 1 is 1.62 bits per heavy atom. The van der Waals surface area contributed by atoms with Crippen molar-refractivity contribution in [3.05, 3.63) is 6.20 Å². The molecule has 1 saturated heterocycles. The van der Waals surface area contributed by atoms with Crippen LogP contribution in [-0.4, -0.2) is 44.1 Å². The SMILES string of the molecule is CC(C)N1CCC[C@@H](Sc2cn[nH]n2)C1=O. The predicted octanol–water partition coefficient (Wildman–Crippen LogP) is 1.30. The minimum absolute atomic E-state index is 0.00116. The van der Waals surface area contributed by atoms with Crippen LogP contribution in [0.15, 0.2) is 11.2 Å². The first-order valence-corrected chi connectivity index (χ1v) is 6.39. The molecule has 2 heterocycles. The molecule has 1 aromatic heterocycles. The molecule has 1 aliphatic rings. The van der Waals surface area contributed by atoms with Crippen molar-refractivity contribution in [3.63, 3.8) is 0 Å². The molecule has 0 aromatic carbocycles. The predicted molar refractivity (Wildman–Crippen MR) is 62.1 cm³/mol. The van der Waals surface area contributed by atoms with E-state index in [0.717, 1.165) is 24.4 Å². The zero-order valence-corrected chi connectivity index (χ0v) is 10.3.